The van der Waals surface area contributed by atoms with Gasteiger partial charge >= 0.3 is 6.36 Å². The molecule has 0 amide bonds. The van der Waals surface area contributed by atoms with Crippen LogP contribution in [-0.2, 0) is 6.42 Å². The lowest BCUT2D eigenvalue weighted by atomic mass is 10.2. The number of hydrogen-bond donors (Lipinski definition) is 0. The number of aromatic nitrogens is 2. The number of benzene rings is 1. The van der Waals surface area contributed by atoms with Crippen molar-refractivity contribution in [2.75, 3.05) is 0 Å². The standard InChI is InChI=1S/C14H13F3N2O/c1-2-3-10-8-18-13(19-9-10)11-4-6-12(7-5-11)20-14(15,16)17/h4-9H,2-3H2,1H3. The van der Waals surface area contributed by atoms with Crippen LogP contribution in [0.5, 0.6) is 5.75 Å². The molecule has 1 heterocycles. The number of ether oxygens (including phenoxy) is 1. The van der Waals surface area contributed by atoms with Crippen molar-refractivity contribution in [3.05, 3.63) is 42.2 Å². The Kier molecular flexibility index (Phi) is 4.22. The van der Waals surface area contributed by atoms with E-state index in [9.17, 15) is 13.2 Å². The number of rotatable bonds is 4. The van der Waals surface area contributed by atoms with Gasteiger partial charge in [0.05, 0.1) is 0 Å². The van der Waals surface area contributed by atoms with Gasteiger partial charge < -0.3 is 4.74 Å². The number of halogens is 3. The van der Waals surface area contributed by atoms with Crippen LogP contribution in [0.25, 0.3) is 11.4 Å². The van der Waals surface area contributed by atoms with Crippen molar-refractivity contribution in [3.8, 4) is 17.1 Å². The molecule has 0 N–H and O–H groups in total. The molecule has 2 aromatic rings. The lowest BCUT2D eigenvalue weighted by Gasteiger charge is -2.09. The van der Waals surface area contributed by atoms with Crippen molar-refractivity contribution in [1.29, 1.82) is 0 Å². The van der Waals surface area contributed by atoms with Gasteiger partial charge in [0.2, 0.25) is 0 Å². The molecule has 0 bridgehead atoms. The monoisotopic (exact) mass is 282 g/mol. The highest BCUT2D eigenvalue weighted by Crippen LogP contribution is 2.25. The highest BCUT2D eigenvalue weighted by molar-refractivity contribution is 5.55. The van der Waals surface area contributed by atoms with Crippen LogP contribution in [-0.4, -0.2) is 16.3 Å². The molecule has 20 heavy (non-hydrogen) atoms. The summed E-state index contributed by atoms with van der Waals surface area (Å²) < 4.78 is 39.9. The van der Waals surface area contributed by atoms with E-state index in [1.807, 2.05) is 0 Å². The highest BCUT2D eigenvalue weighted by Gasteiger charge is 2.30. The van der Waals surface area contributed by atoms with Crippen LogP contribution < -0.4 is 4.74 Å². The van der Waals surface area contributed by atoms with Crippen molar-refractivity contribution < 1.29 is 17.9 Å². The molecule has 0 spiro atoms. The Balaban J connectivity index is 2.13. The minimum atomic E-state index is -4.68. The first-order chi connectivity index (χ1) is 9.48. The fourth-order valence-corrected chi connectivity index (χ4v) is 1.73. The average molecular weight is 282 g/mol. The first-order valence-corrected chi connectivity index (χ1v) is 6.15. The molecule has 3 nitrogen and oxygen atoms in total. The zero-order chi connectivity index (χ0) is 14.6. The third-order valence-electron chi connectivity index (χ3n) is 2.59. The molecule has 1 aromatic heterocycles. The zero-order valence-electron chi connectivity index (χ0n) is 10.8. The van der Waals surface area contributed by atoms with Crippen LogP contribution in [0.15, 0.2) is 36.7 Å². The van der Waals surface area contributed by atoms with Gasteiger partial charge in [-0.2, -0.15) is 0 Å². The van der Waals surface area contributed by atoms with Crippen LogP contribution in [0.2, 0.25) is 0 Å². The van der Waals surface area contributed by atoms with Crippen LogP contribution in [0.3, 0.4) is 0 Å². The lowest BCUT2D eigenvalue weighted by Crippen LogP contribution is -2.16. The van der Waals surface area contributed by atoms with Crippen molar-refractivity contribution in [3.63, 3.8) is 0 Å². The molecule has 0 aliphatic carbocycles. The number of aryl methyl sites for hydroxylation is 1. The van der Waals surface area contributed by atoms with E-state index in [-0.39, 0.29) is 5.75 Å². The van der Waals surface area contributed by atoms with Gasteiger partial charge in [0, 0.05) is 18.0 Å². The van der Waals surface area contributed by atoms with E-state index in [0.717, 1.165) is 18.4 Å². The summed E-state index contributed by atoms with van der Waals surface area (Å²) in [5.41, 5.74) is 1.68. The normalized spacial score (nSPS) is 11.4. The summed E-state index contributed by atoms with van der Waals surface area (Å²) in [6.45, 7) is 2.06. The number of alkyl halides is 3. The topological polar surface area (TPSA) is 35.0 Å². The molecule has 0 atom stereocenters. The van der Waals surface area contributed by atoms with Gasteiger partial charge in [0.15, 0.2) is 5.82 Å². The fourth-order valence-electron chi connectivity index (χ4n) is 1.73. The largest absolute Gasteiger partial charge is 0.573 e. The summed E-state index contributed by atoms with van der Waals surface area (Å²) in [6.07, 6.45) is 0.683. The third kappa shape index (κ3) is 3.94. The SMILES string of the molecule is CCCc1cnc(-c2ccc(OC(F)(F)F)cc2)nc1. The Morgan fingerprint density at radius 1 is 1.05 bits per heavy atom. The zero-order valence-corrected chi connectivity index (χ0v) is 10.8. The Morgan fingerprint density at radius 2 is 1.65 bits per heavy atom. The van der Waals surface area contributed by atoms with Crippen LogP contribution in [0, 0.1) is 0 Å². The average Bonchev–Trinajstić information content (AvgIpc) is 2.39. The summed E-state index contributed by atoms with van der Waals surface area (Å²) in [5, 5.41) is 0. The summed E-state index contributed by atoms with van der Waals surface area (Å²) in [5.74, 6) is 0.215. The van der Waals surface area contributed by atoms with Gasteiger partial charge in [-0.1, -0.05) is 13.3 Å². The van der Waals surface area contributed by atoms with Crippen LogP contribution in [0.1, 0.15) is 18.9 Å². The minimum Gasteiger partial charge on any atom is -0.406 e. The first-order valence-electron chi connectivity index (χ1n) is 6.15. The van der Waals surface area contributed by atoms with E-state index in [0.29, 0.717) is 11.4 Å². The van der Waals surface area contributed by atoms with E-state index in [4.69, 9.17) is 0 Å². The second-order valence-electron chi connectivity index (χ2n) is 4.24. The van der Waals surface area contributed by atoms with Crippen LogP contribution >= 0.6 is 0 Å². The van der Waals surface area contributed by atoms with E-state index in [1.54, 1.807) is 12.4 Å². The summed E-state index contributed by atoms with van der Waals surface area (Å²) in [6, 6.07) is 5.48. The van der Waals surface area contributed by atoms with E-state index < -0.39 is 6.36 Å². The molecule has 0 saturated heterocycles. The van der Waals surface area contributed by atoms with Crippen molar-refractivity contribution in [2.45, 2.75) is 26.1 Å². The molecule has 0 saturated carbocycles. The van der Waals surface area contributed by atoms with Gasteiger partial charge in [0.25, 0.3) is 0 Å². The molecule has 2 rings (SSSR count). The summed E-state index contributed by atoms with van der Waals surface area (Å²) in [4.78, 5) is 8.40. The number of nitrogens with zero attached hydrogens (tertiary/aromatic N) is 2. The Bertz CT molecular complexity index is 550. The third-order valence-corrected chi connectivity index (χ3v) is 2.59. The van der Waals surface area contributed by atoms with Crippen molar-refractivity contribution in [1.82, 2.24) is 9.97 Å². The first kappa shape index (κ1) is 14.3. The fraction of sp³-hybridized carbons (Fsp3) is 0.286. The number of hydrogen-bond acceptors (Lipinski definition) is 3. The quantitative estimate of drug-likeness (QED) is 0.850. The molecule has 0 aliphatic heterocycles. The van der Waals surface area contributed by atoms with Crippen molar-refractivity contribution >= 4 is 0 Å². The van der Waals surface area contributed by atoms with Gasteiger partial charge in [-0.05, 0) is 36.2 Å². The van der Waals surface area contributed by atoms with Gasteiger partial charge in [-0.3, -0.25) is 0 Å². The predicted molar refractivity (Wildman–Crippen MR) is 68.1 cm³/mol. The van der Waals surface area contributed by atoms with Gasteiger partial charge in [0.1, 0.15) is 5.75 Å². The highest BCUT2D eigenvalue weighted by atomic mass is 19.4. The molecule has 1 aromatic carbocycles. The molecule has 6 heteroatoms. The van der Waals surface area contributed by atoms with E-state index in [2.05, 4.69) is 21.6 Å². The molecule has 0 radical (unpaired) electrons. The molecular weight excluding hydrogens is 269 g/mol. The minimum absolute atomic E-state index is 0.260. The Hall–Kier alpha value is -2.11. The molecule has 0 unspecified atom stereocenters. The van der Waals surface area contributed by atoms with Crippen molar-refractivity contribution in [2.24, 2.45) is 0 Å². The maximum atomic E-state index is 12.0. The lowest BCUT2D eigenvalue weighted by molar-refractivity contribution is -0.274. The molecule has 0 fully saturated rings. The second-order valence-corrected chi connectivity index (χ2v) is 4.24. The van der Waals surface area contributed by atoms with Gasteiger partial charge in [-0.15, -0.1) is 13.2 Å². The summed E-state index contributed by atoms with van der Waals surface area (Å²) >= 11 is 0. The smallest absolute Gasteiger partial charge is 0.406 e. The Morgan fingerprint density at radius 3 is 2.15 bits per heavy atom. The maximum absolute atomic E-state index is 12.0. The van der Waals surface area contributed by atoms with E-state index in [1.165, 1.54) is 24.3 Å². The molecule has 0 aliphatic rings. The molecular formula is C14H13F3N2O. The molecule has 106 valence electrons. The van der Waals surface area contributed by atoms with E-state index >= 15 is 0 Å². The van der Waals surface area contributed by atoms with Crippen LogP contribution in [0.4, 0.5) is 13.2 Å². The second kappa shape index (κ2) is 5.90. The predicted octanol–water partition coefficient (Wildman–Crippen LogP) is 3.99. The van der Waals surface area contributed by atoms with Gasteiger partial charge in [-0.25, -0.2) is 9.97 Å². The summed E-state index contributed by atoms with van der Waals surface area (Å²) in [7, 11) is 0. The Labute approximate surface area is 114 Å². The maximum Gasteiger partial charge on any atom is 0.573 e.